The van der Waals surface area contributed by atoms with Crippen LogP contribution in [0.1, 0.15) is 12.8 Å². The Morgan fingerprint density at radius 2 is 1.78 bits per heavy atom. The number of H-pyrrole nitrogens is 2. The Kier molecular flexibility index (Phi) is 5.32. The van der Waals surface area contributed by atoms with Crippen LogP contribution in [0.2, 0.25) is 0 Å². The van der Waals surface area contributed by atoms with Gasteiger partial charge in [0, 0.05) is 46.9 Å². The fourth-order valence-electron chi connectivity index (χ4n) is 4.90. The van der Waals surface area contributed by atoms with E-state index in [4.69, 9.17) is 9.72 Å². The van der Waals surface area contributed by atoms with Crippen LogP contribution in [0.3, 0.4) is 0 Å². The molecule has 0 saturated carbocycles. The molecule has 0 aliphatic carbocycles. The van der Waals surface area contributed by atoms with E-state index in [2.05, 4.69) is 53.6 Å². The lowest BCUT2D eigenvalue weighted by molar-refractivity contribution is 0.162. The Bertz CT molecular complexity index is 1700. The van der Waals surface area contributed by atoms with E-state index >= 15 is 0 Å². The minimum Gasteiger partial charge on any atom is -0.489 e. The van der Waals surface area contributed by atoms with Crippen molar-refractivity contribution in [1.82, 2.24) is 40.4 Å². The topological polar surface area (TPSA) is 117 Å². The molecule has 9 nitrogen and oxygen atoms in total. The molecule has 0 unspecified atom stereocenters. The van der Waals surface area contributed by atoms with Crippen LogP contribution < -0.4 is 10.1 Å². The molecule has 0 atom stereocenters. The first kappa shape index (κ1) is 21.6. The number of ether oxygens (including phenoxy) is 1. The van der Waals surface area contributed by atoms with Crippen molar-refractivity contribution in [3.05, 3.63) is 73.4 Å². The summed E-state index contributed by atoms with van der Waals surface area (Å²) in [6, 6.07) is 14.2. The summed E-state index contributed by atoms with van der Waals surface area (Å²) >= 11 is 0. The summed E-state index contributed by atoms with van der Waals surface area (Å²) in [5.41, 5.74) is 7.13. The molecule has 182 valence electrons. The minimum atomic E-state index is 0.222. The molecule has 3 N–H and O–H groups in total. The predicted molar refractivity (Wildman–Crippen MR) is 142 cm³/mol. The maximum Gasteiger partial charge on any atom is 0.160 e. The Labute approximate surface area is 212 Å². The average Bonchev–Trinajstić information content (AvgIpc) is 3.58. The zero-order valence-electron chi connectivity index (χ0n) is 20.0. The number of pyridine rings is 3. The summed E-state index contributed by atoms with van der Waals surface area (Å²) in [4.78, 5) is 21.4. The monoisotopic (exact) mass is 488 g/mol. The summed E-state index contributed by atoms with van der Waals surface area (Å²) in [7, 11) is 0. The van der Waals surface area contributed by atoms with Crippen LogP contribution in [0.25, 0.3) is 55.8 Å². The third-order valence-corrected chi connectivity index (χ3v) is 6.78. The maximum atomic E-state index is 6.22. The number of hydrogen-bond acceptors (Lipinski definition) is 7. The van der Waals surface area contributed by atoms with Crippen LogP contribution in [0, 0.1) is 0 Å². The molecule has 5 aromatic heterocycles. The highest BCUT2D eigenvalue weighted by Gasteiger charge is 2.18. The first-order valence-electron chi connectivity index (χ1n) is 12.4. The number of aromatic amines is 2. The van der Waals surface area contributed by atoms with E-state index in [1.165, 1.54) is 0 Å². The van der Waals surface area contributed by atoms with Crippen molar-refractivity contribution in [2.24, 2.45) is 0 Å². The quantitative estimate of drug-likeness (QED) is 0.320. The molecule has 1 saturated heterocycles. The number of imidazole rings is 1. The number of aromatic nitrogens is 7. The van der Waals surface area contributed by atoms with Crippen molar-refractivity contribution >= 4 is 22.1 Å². The second kappa shape index (κ2) is 9.11. The number of piperidine rings is 1. The molecule has 1 fully saturated rings. The lowest BCUT2D eigenvalue weighted by Gasteiger charge is -2.23. The van der Waals surface area contributed by atoms with E-state index in [-0.39, 0.29) is 6.10 Å². The third kappa shape index (κ3) is 4.09. The Balaban J connectivity index is 1.26. The molecule has 1 aromatic carbocycles. The molecule has 1 aliphatic rings. The highest BCUT2D eigenvalue weighted by Crippen LogP contribution is 2.33. The van der Waals surface area contributed by atoms with Crippen LogP contribution in [-0.4, -0.2) is 54.3 Å². The van der Waals surface area contributed by atoms with Gasteiger partial charge in [-0.15, -0.1) is 0 Å². The number of fused-ring (bicyclic) bond motifs is 2. The van der Waals surface area contributed by atoms with Crippen molar-refractivity contribution in [2.45, 2.75) is 18.9 Å². The summed E-state index contributed by atoms with van der Waals surface area (Å²) in [6.45, 7) is 1.97. The molecular weight excluding hydrogens is 464 g/mol. The van der Waals surface area contributed by atoms with E-state index in [0.29, 0.717) is 11.5 Å². The van der Waals surface area contributed by atoms with Gasteiger partial charge in [-0.25, -0.2) is 9.97 Å². The van der Waals surface area contributed by atoms with Gasteiger partial charge in [-0.1, -0.05) is 12.1 Å². The fourth-order valence-corrected chi connectivity index (χ4v) is 4.90. The van der Waals surface area contributed by atoms with E-state index in [1.807, 2.05) is 36.7 Å². The lowest BCUT2D eigenvalue weighted by atomic mass is 10.0. The van der Waals surface area contributed by atoms with Gasteiger partial charge in [0.25, 0.3) is 0 Å². The second-order valence-corrected chi connectivity index (χ2v) is 9.19. The van der Waals surface area contributed by atoms with Gasteiger partial charge in [-0.05, 0) is 61.8 Å². The van der Waals surface area contributed by atoms with Crippen molar-refractivity contribution in [1.29, 1.82) is 0 Å². The van der Waals surface area contributed by atoms with Crippen LogP contribution in [0.4, 0.5) is 0 Å². The molecule has 9 heteroatoms. The van der Waals surface area contributed by atoms with E-state index in [9.17, 15) is 0 Å². The largest absolute Gasteiger partial charge is 0.489 e. The zero-order valence-corrected chi connectivity index (χ0v) is 20.0. The van der Waals surface area contributed by atoms with Gasteiger partial charge in [0.15, 0.2) is 11.5 Å². The summed E-state index contributed by atoms with van der Waals surface area (Å²) in [6.07, 6.45) is 11.2. The SMILES string of the molecule is c1cncc(-c2ccnc3[nH]c(-c4n[nH]c5ccc(-c6cncc(OC7CCNCC7)c6)cc45)nc23)c1. The van der Waals surface area contributed by atoms with Crippen LogP contribution in [0.5, 0.6) is 5.75 Å². The van der Waals surface area contributed by atoms with Crippen molar-refractivity contribution < 1.29 is 4.74 Å². The normalized spacial score (nSPS) is 14.4. The molecule has 0 amide bonds. The number of rotatable bonds is 5. The van der Waals surface area contributed by atoms with Crippen LogP contribution in [0.15, 0.2) is 73.4 Å². The molecule has 7 rings (SSSR count). The molecule has 1 aliphatic heterocycles. The van der Waals surface area contributed by atoms with Crippen LogP contribution in [-0.2, 0) is 0 Å². The molecule has 0 spiro atoms. The Morgan fingerprint density at radius 3 is 2.68 bits per heavy atom. The third-order valence-electron chi connectivity index (χ3n) is 6.78. The minimum absolute atomic E-state index is 0.222. The molecular formula is C28H24N8O. The number of nitrogens with zero attached hydrogens (tertiary/aromatic N) is 5. The second-order valence-electron chi connectivity index (χ2n) is 9.19. The van der Waals surface area contributed by atoms with Gasteiger partial charge in [0.2, 0.25) is 0 Å². The predicted octanol–water partition coefficient (Wildman–Crippen LogP) is 4.76. The number of nitrogens with one attached hydrogen (secondary N) is 3. The Hall–Kier alpha value is -4.63. The molecule has 6 aromatic rings. The molecule has 0 radical (unpaired) electrons. The summed E-state index contributed by atoms with van der Waals surface area (Å²) < 4.78 is 6.22. The van der Waals surface area contributed by atoms with Gasteiger partial charge in [-0.3, -0.25) is 15.1 Å². The van der Waals surface area contributed by atoms with Crippen molar-refractivity contribution in [3.8, 4) is 39.5 Å². The van der Waals surface area contributed by atoms with E-state index in [0.717, 1.165) is 76.0 Å². The van der Waals surface area contributed by atoms with Gasteiger partial charge < -0.3 is 15.0 Å². The number of hydrogen-bond donors (Lipinski definition) is 3. The molecule has 37 heavy (non-hydrogen) atoms. The van der Waals surface area contributed by atoms with Gasteiger partial charge in [-0.2, -0.15) is 5.10 Å². The summed E-state index contributed by atoms with van der Waals surface area (Å²) in [5, 5.41) is 12.1. The van der Waals surface area contributed by atoms with Crippen molar-refractivity contribution in [3.63, 3.8) is 0 Å². The van der Waals surface area contributed by atoms with Gasteiger partial charge in [0.1, 0.15) is 23.1 Å². The fraction of sp³-hybridized carbons (Fsp3) is 0.179. The summed E-state index contributed by atoms with van der Waals surface area (Å²) in [5.74, 6) is 1.45. The highest BCUT2D eigenvalue weighted by atomic mass is 16.5. The maximum absolute atomic E-state index is 6.22. The highest BCUT2D eigenvalue weighted by molar-refractivity contribution is 5.97. The van der Waals surface area contributed by atoms with Gasteiger partial charge >= 0.3 is 0 Å². The Morgan fingerprint density at radius 1 is 0.865 bits per heavy atom. The standard InChI is InChI=1S/C28H24N8O/c1-2-18(14-30-8-1)22-7-11-32-27-25(22)33-28(34-27)26-23-13-17(3-4-24(23)35-36-26)19-12-21(16-31-15-19)37-20-5-9-29-10-6-20/h1-4,7-8,11-16,20,29H,5-6,9-10H2,(H,35,36)(H,32,33,34). The van der Waals surface area contributed by atoms with Gasteiger partial charge in [0.05, 0.1) is 11.7 Å². The van der Waals surface area contributed by atoms with E-state index in [1.54, 1.807) is 18.6 Å². The van der Waals surface area contributed by atoms with Crippen LogP contribution >= 0.6 is 0 Å². The zero-order chi connectivity index (χ0) is 24.6. The number of benzene rings is 1. The first-order valence-corrected chi connectivity index (χ1v) is 12.4. The molecule has 6 heterocycles. The lowest BCUT2D eigenvalue weighted by Crippen LogP contribution is -2.34. The first-order chi connectivity index (χ1) is 18.3. The average molecular weight is 489 g/mol. The molecule has 0 bridgehead atoms. The smallest absolute Gasteiger partial charge is 0.160 e. The van der Waals surface area contributed by atoms with Crippen molar-refractivity contribution in [2.75, 3.05) is 13.1 Å². The van der Waals surface area contributed by atoms with E-state index < -0.39 is 0 Å².